The number of benzene rings is 1. The van der Waals surface area contributed by atoms with Crippen molar-refractivity contribution in [3.63, 3.8) is 0 Å². The third-order valence-corrected chi connectivity index (χ3v) is 2.72. The van der Waals surface area contributed by atoms with Crippen LogP contribution in [-0.4, -0.2) is 23.6 Å². The van der Waals surface area contributed by atoms with Gasteiger partial charge in [0.25, 0.3) is 0 Å². The maximum Gasteiger partial charge on any atom is 0.328 e. The Labute approximate surface area is 136 Å². The molecule has 0 aromatic heterocycles. The van der Waals surface area contributed by atoms with E-state index in [-0.39, 0.29) is 0 Å². The maximum absolute atomic E-state index is 11.8. The lowest BCUT2D eigenvalue weighted by atomic mass is 10.0. The van der Waals surface area contributed by atoms with Crippen LogP contribution < -0.4 is 10.1 Å². The Morgan fingerprint density at radius 3 is 2.48 bits per heavy atom. The minimum absolute atomic E-state index is 0.375. The van der Waals surface area contributed by atoms with E-state index in [1.54, 1.807) is 12.1 Å². The number of carbonyl (C=O) groups excluding carboxylic acids is 1. The van der Waals surface area contributed by atoms with Gasteiger partial charge in [-0.1, -0.05) is 24.8 Å². The molecule has 1 aromatic rings. The lowest BCUT2D eigenvalue weighted by Crippen LogP contribution is -2.12. The normalized spacial score (nSPS) is 10.3. The van der Waals surface area contributed by atoms with Gasteiger partial charge < -0.3 is 15.2 Å². The second-order valence-electron chi connectivity index (χ2n) is 5.32. The molecule has 2 N–H and O–H groups in total. The van der Waals surface area contributed by atoms with Gasteiger partial charge in [-0.25, -0.2) is 4.79 Å². The monoisotopic (exact) mass is 315 g/mol. The minimum Gasteiger partial charge on any atom is -0.489 e. The number of amides is 1. The summed E-state index contributed by atoms with van der Waals surface area (Å²) in [5.74, 6) is -1.07. The molecule has 0 bridgehead atoms. The summed E-state index contributed by atoms with van der Waals surface area (Å²) in [6.45, 7) is 11.8. The fraction of sp³-hybridized carbons (Fsp3) is 0.222. The quantitative estimate of drug-likeness (QED) is 0.570. The van der Waals surface area contributed by atoms with Crippen molar-refractivity contribution in [2.75, 3.05) is 11.9 Å². The van der Waals surface area contributed by atoms with Crippen molar-refractivity contribution in [3.05, 3.63) is 60.2 Å². The highest BCUT2D eigenvalue weighted by molar-refractivity contribution is 6.02. The predicted octanol–water partition coefficient (Wildman–Crippen LogP) is 3.34. The van der Waals surface area contributed by atoms with Gasteiger partial charge in [0.05, 0.1) is 0 Å². The third-order valence-electron chi connectivity index (χ3n) is 2.72. The van der Waals surface area contributed by atoms with E-state index in [2.05, 4.69) is 18.5 Å². The van der Waals surface area contributed by atoms with Gasteiger partial charge in [-0.3, -0.25) is 4.79 Å². The van der Waals surface area contributed by atoms with Crippen LogP contribution in [0.3, 0.4) is 0 Å². The Balaban J connectivity index is 3.07. The van der Waals surface area contributed by atoms with Crippen LogP contribution in [-0.2, 0) is 16.0 Å². The van der Waals surface area contributed by atoms with Crippen molar-refractivity contribution in [1.29, 1.82) is 0 Å². The summed E-state index contributed by atoms with van der Waals surface area (Å²) < 4.78 is 5.72. The summed E-state index contributed by atoms with van der Waals surface area (Å²) in [7, 11) is 0. The fourth-order valence-corrected chi connectivity index (χ4v) is 1.82. The molecule has 0 unspecified atom stereocenters. The number of aliphatic carboxylic acids is 1. The SMILES string of the molecule is C=C(C)COc1cccc(NC(=O)/C=C\C(=O)O)c1CC(=C)C. The lowest BCUT2D eigenvalue weighted by Gasteiger charge is -2.16. The minimum atomic E-state index is -1.18. The Hall–Kier alpha value is -2.82. The molecule has 122 valence electrons. The van der Waals surface area contributed by atoms with Gasteiger partial charge in [-0.05, 0) is 38.0 Å². The zero-order valence-corrected chi connectivity index (χ0v) is 13.4. The molecule has 0 saturated heterocycles. The first-order valence-corrected chi connectivity index (χ1v) is 7.05. The van der Waals surface area contributed by atoms with Crippen LogP contribution in [0, 0.1) is 0 Å². The summed E-state index contributed by atoms with van der Waals surface area (Å²) in [5.41, 5.74) is 3.14. The van der Waals surface area contributed by atoms with Crippen LogP contribution in [0.5, 0.6) is 5.75 Å². The standard InChI is InChI=1S/C18H21NO4/c1-12(2)10-14-15(19-17(20)8-9-18(21)22)6-5-7-16(14)23-11-13(3)4/h5-9H,1,3,10-11H2,2,4H3,(H,19,20)(H,21,22)/b9-8-. The number of carboxylic acids is 1. The smallest absolute Gasteiger partial charge is 0.328 e. The van der Waals surface area contributed by atoms with Crippen LogP contribution in [0.25, 0.3) is 0 Å². The van der Waals surface area contributed by atoms with Gasteiger partial charge in [0.15, 0.2) is 0 Å². The van der Waals surface area contributed by atoms with E-state index in [0.717, 1.165) is 28.9 Å². The molecule has 23 heavy (non-hydrogen) atoms. The molecule has 0 fully saturated rings. The van der Waals surface area contributed by atoms with E-state index in [1.807, 2.05) is 19.9 Å². The van der Waals surface area contributed by atoms with Crippen LogP contribution in [0.15, 0.2) is 54.7 Å². The molecule has 5 nitrogen and oxygen atoms in total. The molecule has 5 heteroatoms. The molecular weight excluding hydrogens is 294 g/mol. The van der Waals surface area contributed by atoms with E-state index < -0.39 is 11.9 Å². The first-order chi connectivity index (χ1) is 10.8. The molecule has 0 saturated carbocycles. The number of hydrogen-bond acceptors (Lipinski definition) is 3. The Kier molecular flexibility index (Phi) is 6.80. The van der Waals surface area contributed by atoms with Crippen LogP contribution in [0.4, 0.5) is 5.69 Å². The number of allylic oxidation sites excluding steroid dienone is 1. The highest BCUT2D eigenvalue weighted by Gasteiger charge is 2.12. The molecule has 0 aliphatic rings. The largest absolute Gasteiger partial charge is 0.489 e. The van der Waals surface area contributed by atoms with Crippen LogP contribution in [0.2, 0.25) is 0 Å². The third kappa shape index (κ3) is 6.65. The zero-order chi connectivity index (χ0) is 17.4. The number of rotatable bonds is 8. The van der Waals surface area contributed by atoms with Crippen molar-refractivity contribution >= 4 is 17.6 Å². The second kappa shape index (κ2) is 8.58. The average molecular weight is 315 g/mol. The fourth-order valence-electron chi connectivity index (χ4n) is 1.82. The van der Waals surface area contributed by atoms with Crippen molar-refractivity contribution < 1.29 is 19.4 Å². The van der Waals surface area contributed by atoms with Crippen molar-refractivity contribution in [3.8, 4) is 5.75 Å². The lowest BCUT2D eigenvalue weighted by molar-refractivity contribution is -0.131. The number of ether oxygens (including phenoxy) is 1. The van der Waals surface area contributed by atoms with Crippen LogP contribution >= 0.6 is 0 Å². The summed E-state index contributed by atoms with van der Waals surface area (Å²) >= 11 is 0. The summed E-state index contributed by atoms with van der Waals surface area (Å²) in [4.78, 5) is 22.3. The molecular formula is C18H21NO4. The maximum atomic E-state index is 11.8. The molecule has 0 aliphatic heterocycles. The van der Waals surface area contributed by atoms with E-state index in [1.165, 1.54) is 0 Å². The van der Waals surface area contributed by atoms with Gasteiger partial charge in [0.1, 0.15) is 12.4 Å². The predicted molar refractivity (Wildman–Crippen MR) is 90.7 cm³/mol. The van der Waals surface area contributed by atoms with E-state index in [0.29, 0.717) is 24.5 Å². The molecule has 1 amide bonds. The summed E-state index contributed by atoms with van der Waals surface area (Å²) in [6, 6.07) is 5.30. The average Bonchev–Trinajstić information content (AvgIpc) is 2.44. The van der Waals surface area contributed by atoms with Gasteiger partial charge in [0.2, 0.25) is 5.91 Å². The van der Waals surface area contributed by atoms with Gasteiger partial charge in [-0.2, -0.15) is 0 Å². The molecule has 1 aromatic carbocycles. The zero-order valence-electron chi connectivity index (χ0n) is 13.4. The van der Waals surface area contributed by atoms with Gasteiger partial charge in [0, 0.05) is 23.4 Å². The summed E-state index contributed by atoms with van der Waals surface area (Å²) in [5, 5.41) is 11.2. The number of carboxylic acid groups (broad SMARTS) is 1. The van der Waals surface area contributed by atoms with Crippen molar-refractivity contribution in [1.82, 2.24) is 0 Å². The number of hydrogen-bond donors (Lipinski definition) is 2. The number of nitrogens with one attached hydrogen (secondary N) is 1. The topological polar surface area (TPSA) is 75.6 Å². The number of carbonyl (C=O) groups is 2. The Bertz CT molecular complexity index is 659. The van der Waals surface area contributed by atoms with Gasteiger partial charge >= 0.3 is 5.97 Å². The highest BCUT2D eigenvalue weighted by atomic mass is 16.5. The first-order valence-electron chi connectivity index (χ1n) is 7.05. The Morgan fingerprint density at radius 1 is 1.22 bits per heavy atom. The van der Waals surface area contributed by atoms with Crippen LogP contribution in [0.1, 0.15) is 19.4 Å². The molecule has 0 atom stereocenters. The highest BCUT2D eigenvalue weighted by Crippen LogP contribution is 2.29. The molecule has 1 rings (SSSR count). The molecule has 0 aliphatic carbocycles. The van der Waals surface area contributed by atoms with E-state index in [4.69, 9.17) is 9.84 Å². The van der Waals surface area contributed by atoms with Gasteiger partial charge in [-0.15, -0.1) is 0 Å². The van der Waals surface area contributed by atoms with E-state index >= 15 is 0 Å². The van der Waals surface area contributed by atoms with Crippen molar-refractivity contribution in [2.24, 2.45) is 0 Å². The molecule has 0 spiro atoms. The van der Waals surface area contributed by atoms with E-state index in [9.17, 15) is 9.59 Å². The number of anilines is 1. The first kappa shape index (κ1) is 18.2. The molecule has 0 heterocycles. The van der Waals surface area contributed by atoms with Crippen molar-refractivity contribution in [2.45, 2.75) is 20.3 Å². The summed E-state index contributed by atoms with van der Waals surface area (Å²) in [6.07, 6.45) is 2.29. The second-order valence-corrected chi connectivity index (χ2v) is 5.32. The Morgan fingerprint density at radius 2 is 1.91 bits per heavy atom. The molecule has 0 radical (unpaired) electrons.